The van der Waals surface area contributed by atoms with Gasteiger partial charge in [-0.1, -0.05) is 22.0 Å². The van der Waals surface area contributed by atoms with Gasteiger partial charge in [0.25, 0.3) is 0 Å². The Bertz CT molecular complexity index is 558. The van der Waals surface area contributed by atoms with E-state index >= 15 is 0 Å². The maximum atomic E-state index is 4.05. The van der Waals surface area contributed by atoms with Gasteiger partial charge in [-0.15, -0.1) is 0 Å². The quantitative estimate of drug-likeness (QED) is 0.891. The molecule has 17 heavy (non-hydrogen) atoms. The number of benzene rings is 1. The van der Waals surface area contributed by atoms with Crippen molar-refractivity contribution in [1.29, 1.82) is 0 Å². The smallest absolute Gasteiger partial charge is 0.0921 e. The first kappa shape index (κ1) is 10.6. The molecule has 1 aliphatic heterocycles. The van der Waals surface area contributed by atoms with E-state index in [9.17, 15) is 0 Å². The topological polar surface area (TPSA) is 40.7 Å². The summed E-state index contributed by atoms with van der Waals surface area (Å²) in [4.78, 5) is 7.20. The fraction of sp³-hybridized carbons (Fsp3) is 0.154. The molecule has 2 N–H and O–H groups in total. The average molecular weight is 290 g/mol. The highest BCUT2D eigenvalue weighted by Crippen LogP contribution is 2.31. The highest BCUT2D eigenvalue weighted by Gasteiger charge is 2.13. The van der Waals surface area contributed by atoms with Crippen LogP contribution in [0.5, 0.6) is 0 Å². The Kier molecular flexibility index (Phi) is 2.73. The molecular weight excluding hydrogens is 278 g/mol. The van der Waals surface area contributed by atoms with Gasteiger partial charge < -0.3 is 10.3 Å². The van der Waals surface area contributed by atoms with Crippen molar-refractivity contribution >= 4 is 27.2 Å². The van der Waals surface area contributed by atoms with Gasteiger partial charge >= 0.3 is 0 Å². The van der Waals surface area contributed by atoms with Crippen LogP contribution in [0.2, 0.25) is 0 Å². The van der Waals surface area contributed by atoms with Crippen LogP contribution in [0.25, 0.3) is 5.57 Å². The van der Waals surface area contributed by atoms with E-state index in [1.165, 1.54) is 16.8 Å². The molecule has 0 saturated carbocycles. The Balaban J connectivity index is 1.96. The predicted molar refractivity (Wildman–Crippen MR) is 72.9 cm³/mol. The van der Waals surface area contributed by atoms with Crippen LogP contribution >= 0.6 is 15.9 Å². The number of hydrogen-bond acceptors (Lipinski definition) is 2. The molecule has 2 heterocycles. The summed E-state index contributed by atoms with van der Waals surface area (Å²) in [6.45, 7) is 0.887. The molecule has 4 heteroatoms. The second-order valence-corrected chi connectivity index (χ2v) is 4.97. The van der Waals surface area contributed by atoms with Crippen LogP contribution in [0.15, 0.2) is 41.3 Å². The molecule has 1 aliphatic rings. The maximum absolute atomic E-state index is 4.05. The minimum absolute atomic E-state index is 0.887. The lowest BCUT2D eigenvalue weighted by Gasteiger charge is -2.19. The van der Waals surface area contributed by atoms with Crippen molar-refractivity contribution in [1.82, 2.24) is 9.97 Å². The Morgan fingerprint density at radius 1 is 1.35 bits per heavy atom. The summed E-state index contributed by atoms with van der Waals surface area (Å²) in [5.41, 5.74) is 4.94. The molecular formula is C13H12BrN3. The van der Waals surface area contributed by atoms with E-state index in [0.717, 1.165) is 23.1 Å². The van der Waals surface area contributed by atoms with Crippen molar-refractivity contribution in [3.8, 4) is 0 Å². The standard InChI is InChI=1S/C13H12BrN3/c14-10-1-2-13-12(6-10)9(3-4-16-13)5-11-7-15-8-17-11/h1-3,6-8,16H,4-5H2,(H,15,17). The van der Waals surface area contributed by atoms with E-state index in [0.29, 0.717) is 0 Å². The van der Waals surface area contributed by atoms with Crippen LogP contribution in [0, 0.1) is 0 Å². The highest BCUT2D eigenvalue weighted by atomic mass is 79.9. The molecule has 86 valence electrons. The molecule has 0 atom stereocenters. The zero-order valence-electron chi connectivity index (χ0n) is 9.20. The fourth-order valence-corrected chi connectivity index (χ4v) is 2.45. The second kappa shape index (κ2) is 4.37. The molecule has 0 unspecified atom stereocenters. The van der Waals surface area contributed by atoms with Gasteiger partial charge in [-0.2, -0.15) is 0 Å². The third-order valence-corrected chi connectivity index (χ3v) is 3.40. The Hall–Kier alpha value is -1.55. The number of halogens is 1. The van der Waals surface area contributed by atoms with Gasteiger partial charge in [-0.3, -0.25) is 0 Å². The minimum atomic E-state index is 0.887. The van der Waals surface area contributed by atoms with E-state index in [1.54, 1.807) is 6.33 Å². The maximum Gasteiger partial charge on any atom is 0.0921 e. The van der Waals surface area contributed by atoms with E-state index in [4.69, 9.17) is 0 Å². The largest absolute Gasteiger partial charge is 0.381 e. The molecule has 0 fully saturated rings. The fourth-order valence-electron chi connectivity index (χ4n) is 2.08. The first-order chi connectivity index (χ1) is 8.33. The van der Waals surface area contributed by atoms with Crippen LogP contribution in [-0.2, 0) is 6.42 Å². The number of anilines is 1. The SMILES string of the molecule is Brc1ccc2c(c1)C(Cc1cnc[nH]1)=CCN2. The van der Waals surface area contributed by atoms with Gasteiger partial charge in [0.1, 0.15) is 0 Å². The van der Waals surface area contributed by atoms with E-state index in [-0.39, 0.29) is 0 Å². The Labute approximate surface area is 108 Å². The van der Waals surface area contributed by atoms with E-state index in [1.807, 2.05) is 6.20 Å². The molecule has 0 saturated heterocycles. The summed E-state index contributed by atoms with van der Waals surface area (Å²) in [5, 5.41) is 3.38. The van der Waals surface area contributed by atoms with Gasteiger partial charge in [0.05, 0.1) is 6.33 Å². The second-order valence-electron chi connectivity index (χ2n) is 4.05. The lowest BCUT2D eigenvalue weighted by molar-refractivity contribution is 1.14. The molecule has 0 bridgehead atoms. The van der Waals surface area contributed by atoms with Gasteiger partial charge in [0.2, 0.25) is 0 Å². The van der Waals surface area contributed by atoms with Crippen molar-refractivity contribution in [2.24, 2.45) is 0 Å². The lowest BCUT2D eigenvalue weighted by Crippen LogP contribution is -2.09. The molecule has 1 aromatic carbocycles. The molecule has 3 nitrogen and oxygen atoms in total. The van der Waals surface area contributed by atoms with Crippen LogP contribution in [0.3, 0.4) is 0 Å². The van der Waals surface area contributed by atoms with Crippen molar-refractivity contribution < 1.29 is 0 Å². The van der Waals surface area contributed by atoms with Gasteiger partial charge in [0.15, 0.2) is 0 Å². The van der Waals surface area contributed by atoms with Crippen molar-refractivity contribution in [2.75, 3.05) is 11.9 Å². The summed E-state index contributed by atoms with van der Waals surface area (Å²) >= 11 is 3.52. The van der Waals surface area contributed by atoms with Crippen LogP contribution in [-0.4, -0.2) is 16.5 Å². The molecule has 2 aromatic rings. The zero-order chi connectivity index (χ0) is 11.7. The number of hydrogen-bond donors (Lipinski definition) is 2. The summed E-state index contributed by atoms with van der Waals surface area (Å²) in [6.07, 6.45) is 6.72. The minimum Gasteiger partial charge on any atom is -0.381 e. The van der Waals surface area contributed by atoms with E-state index < -0.39 is 0 Å². The van der Waals surface area contributed by atoms with Crippen molar-refractivity contribution in [2.45, 2.75) is 6.42 Å². The van der Waals surface area contributed by atoms with Crippen LogP contribution < -0.4 is 5.32 Å². The molecule has 3 rings (SSSR count). The van der Waals surface area contributed by atoms with E-state index in [2.05, 4.69) is 55.5 Å². The Morgan fingerprint density at radius 2 is 2.29 bits per heavy atom. The van der Waals surface area contributed by atoms with Crippen molar-refractivity contribution in [3.05, 3.63) is 52.5 Å². The van der Waals surface area contributed by atoms with Crippen molar-refractivity contribution in [3.63, 3.8) is 0 Å². The van der Waals surface area contributed by atoms with Gasteiger partial charge in [0, 0.05) is 40.6 Å². The van der Waals surface area contributed by atoms with Crippen LogP contribution in [0.4, 0.5) is 5.69 Å². The number of nitrogens with one attached hydrogen (secondary N) is 2. The van der Waals surface area contributed by atoms with Gasteiger partial charge in [-0.05, 0) is 23.8 Å². The monoisotopic (exact) mass is 289 g/mol. The molecule has 1 aromatic heterocycles. The first-order valence-electron chi connectivity index (χ1n) is 5.53. The highest BCUT2D eigenvalue weighted by molar-refractivity contribution is 9.10. The van der Waals surface area contributed by atoms with Crippen LogP contribution in [0.1, 0.15) is 11.3 Å². The third-order valence-electron chi connectivity index (χ3n) is 2.90. The average Bonchev–Trinajstić information content (AvgIpc) is 2.83. The summed E-state index contributed by atoms with van der Waals surface area (Å²) in [7, 11) is 0. The number of fused-ring (bicyclic) bond motifs is 1. The number of allylic oxidation sites excluding steroid dienone is 1. The number of rotatable bonds is 2. The molecule has 0 aliphatic carbocycles. The Morgan fingerprint density at radius 3 is 3.12 bits per heavy atom. The third kappa shape index (κ3) is 2.13. The first-order valence-corrected chi connectivity index (χ1v) is 6.32. The lowest BCUT2D eigenvalue weighted by atomic mass is 9.97. The number of aromatic amines is 1. The normalized spacial score (nSPS) is 13.8. The number of imidazole rings is 1. The summed E-state index contributed by atoms with van der Waals surface area (Å²) < 4.78 is 1.11. The van der Waals surface area contributed by atoms with Gasteiger partial charge in [-0.25, -0.2) is 4.98 Å². The molecule has 0 spiro atoms. The molecule has 0 amide bonds. The summed E-state index contributed by atoms with van der Waals surface area (Å²) in [5.74, 6) is 0. The zero-order valence-corrected chi connectivity index (χ0v) is 10.8. The number of H-pyrrole nitrogens is 1. The molecule has 0 radical (unpaired) electrons. The number of nitrogens with zero attached hydrogens (tertiary/aromatic N) is 1. The number of aromatic nitrogens is 2. The predicted octanol–water partition coefficient (Wildman–Crippen LogP) is 3.22. The summed E-state index contributed by atoms with van der Waals surface area (Å²) in [6, 6.07) is 6.33.